The Bertz CT molecular complexity index is 1160. The van der Waals surface area contributed by atoms with Crippen molar-refractivity contribution >= 4 is 5.78 Å². The molecular formula is C30H44N6O. The van der Waals surface area contributed by atoms with Gasteiger partial charge < -0.3 is 4.57 Å². The molecule has 0 bridgehead atoms. The molecule has 0 radical (unpaired) electrons. The van der Waals surface area contributed by atoms with Gasteiger partial charge in [0.1, 0.15) is 11.6 Å². The minimum atomic E-state index is -0.0494. The van der Waals surface area contributed by atoms with Crippen molar-refractivity contribution in [2.45, 2.75) is 92.3 Å². The van der Waals surface area contributed by atoms with Crippen molar-refractivity contribution in [3.8, 4) is 0 Å². The van der Waals surface area contributed by atoms with Gasteiger partial charge in [-0.1, -0.05) is 43.7 Å². The van der Waals surface area contributed by atoms with E-state index in [1.807, 2.05) is 17.1 Å². The zero-order valence-corrected chi connectivity index (χ0v) is 23.4. The van der Waals surface area contributed by atoms with Crippen LogP contribution in [0.4, 0.5) is 0 Å². The average molecular weight is 505 g/mol. The number of ketones is 1. The lowest BCUT2D eigenvalue weighted by molar-refractivity contribution is -0.120. The smallest absolute Gasteiger partial charge is 0.133 e. The maximum absolute atomic E-state index is 12.5. The van der Waals surface area contributed by atoms with Crippen LogP contribution in [0.5, 0.6) is 0 Å². The molecule has 3 heterocycles. The lowest BCUT2D eigenvalue weighted by atomic mass is 9.80. The first-order valence-electron chi connectivity index (χ1n) is 14.1. The number of aryl methyl sites for hydroxylation is 3. The summed E-state index contributed by atoms with van der Waals surface area (Å²) in [6, 6.07) is 6.74. The van der Waals surface area contributed by atoms with Gasteiger partial charge in [0.15, 0.2) is 0 Å². The van der Waals surface area contributed by atoms with Crippen molar-refractivity contribution < 1.29 is 4.79 Å². The van der Waals surface area contributed by atoms with E-state index in [1.165, 1.54) is 36.0 Å². The molecule has 0 aliphatic carbocycles. The monoisotopic (exact) mass is 504 g/mol. The highest BCUT2D eigenvalue weighted by Crippen LogP contribution is 2.32. The Labute approximate surface area is 222 Å². The molecule has 200 valence electrons. The van der Waals surface area contributed by atoms with Gasteiger partial charge in [0.05, 0.1) is 12.2 Å². The van der Waals surface area contributed by atoms with E-state index in [2.05, 4.69) is 71.9 Å². The molecule has 0 amide bonds. The van der Waals surface area contributed by atoms with Crippen molar-refractivity contribution in [3.05, 3.63) is 65.0 Å². The summed E-state index contributed by atoms with van der Waals surface area (Å²) in [5.74, 6) is 2.34. The fourth-order valence-corrected chi connectivity index (χ4v) is 5.56. The number of likely N-dealkylation sites (tertiary alicyclic amines) is 1. The molecule has 2 atom stereocenters. The third-order valence-electron chi connectivity index (χ3n) is 8.46. The number of carbonyl (C=O) groups excluding carboxylic acids is 1. The van der Waals surface area contributed by atoms with Gasteiger partial charge in [-0.3, -0.25) is 14.4 Å². The minimum absolute atomic E-state index is 0.0494. The molecule has 2 unspecified atom stereocenters. The second-order valence-corrected chi connectivity index (χ2v) is 10.9. The van der Waals surface area contributed by atoms with E-state index in [0.717, 1.165) is 63.0 Å². The molecule has 1 aromatic carbocycles. The summed E-state index contributed by atoms with van der Waals surface area (Å²) in [6.45, 7) is 15.2. The zero-order valence-electron chi connectivity index (χ0n) is 23.4. The molecule has 0 N–H and O–H groups in total. The summed E-state index contributed by atoms with van der Waals surface area (Å²) >= 11 is 0. The Morgan fingerprint density at radius 3 is 2.62 bits per heavy atom. The summed E-state index contributed by atoms with van der Waals surface area (Å²) in [5.41, 5.74) is 4.78. The standard InChI is InChI=1S/C30H44N6O/c1-6-25-12-15-34(16-13-25)21-30-31-14-17-35(30)19-27-18-26(9-8-22(27)3)29(23(4)24(5)37)11-10-28-20-36(7-2)33-32-28/h8-9,14,17-18,20,23,25,29H,6-7,10-13,15-16,19,21H2,1-5H3. The summed E-state index contributed by atoms with van der Waals surface area (Å²) < 4.78 is 4.15. The average Bonchev–Trinajstić information content (AvgIpc) is 3.55. The van der Waals surface area contributed by atoms with Crippen LogP contribution >= 0.6 is 0 Å². The van der Waals surface area contributed by atoms with E-state index in [0.29, 0.717) is 0 Å². The van der Waals surface area contributed by atoms with Crippen LogP contribution in [0.3, 0.4) is 0 Å². The van der Waals surface area contributed by atoms with E-state index in [1.54, 1.807) is 6.92 Å². The normalized spacial score (nSPS) is 16.7. The maximum atomic E-state index is 12.5. The van der Waals surface area contributed by atoms with Crippen molar-refractivity contribution in [1.82, 2.24) is 29.4 Å². The largest absolute Gasteiger partial charge is 0.329 e. The second kappa shape index (κ2) is 12.6. The zero-order chi connectivity index (χ0) is 26.4. The van der Waals surface area contributed by atoms with Crippen LogP contribution in [0.15, 0.2) is 36.8 Å². The predicted molar refractivity (Wildman–Crippen MR) is 147 cm³/mol. The molecule has 7 heteroatoms. The number of rotatable bonds is 12. The molecule has 37 heavy (non-hydrogen) atoms. The number of aromatic nitrogens is 5. The molecular weight excluding hydrogens is 460 g/mol. The quantitative estimate of drug-likeness (QED) is 0.330. The molecule has 0 spiro atoms. The Hall–Kier alpha value is -2.80. The van der Waals surface area contributed by atoms with Crippen molar-refractivity contribution in [2.75, 3.05) is 13.1 Å². The van der Waals surface area contributed by atoms with Crippen LogP contribution in [-0.2, 0) is 30.8 Å². The van der Waals surface area contributed by atoms with Gasteiger partial charge in [-0.2, -0.15) is 0 Å². The number of hydrogen-bond donors (Lipinski definition) is 0. The molecule has 7 nitrogen and oxygen atoms in total. The van der Waals surface area contributed by atoms with Gasteiger partial charge in [0.25, 0.3) is 0 Å². The molecule has 1 fully saturated rings. The van der Waals surface area contributed by atoms with Gasteiger partial charge >= 0.3 is 0 Å². The summed E-state index contributed by atoms with van der Waals surface area (Å²) in [5, 5.41) is 8.50. The van der Waals surface area contributed by atoms with Gasteiger partial charge in [-0.05, 0) is 88.1 Å². The highest BCUT2D eigenvalue weighted by Gasteiger charge is 2.24. The van der Waals surface area contributed by atoms with Crippen molar-refractivity contribution in [3.63, 3.8) is 0 Å². The Morgan fingerprint density at radius 2 is 1.95 bits per heavy atom. The van der Waals surface area contributed by atoms with E-state index in [4.69, 9.17) is 4.98 Å². The third-order valence-corrected chi connectivity index (χ3v) is 8.46. The Kier molecular flexibility index (Phi) is 9.30. The topological polar surface area (TPSA) is 68.8 Å². The molecule has 4 rings (SSSR count). The maximum Gasteiger partial charge on any atom is 0.133 e. The first kappa shape index (κ1) is 27.2. The fraction of sp³-hybridized carbons (Fsp3) is 0.600. The van der Waals surface area contributed by atoms with E-state index in [-0.39, 0.29) is 17.6 Å². The highest BCUT2D eigenvalue weighted by atomic mass is 16.1. The first-order chi connectivity index (χ1) is 17.9. The number of Topliss-reactive ketones (excluding diaryl/α,β-unsaturated/α-hetero) is 1. The number of piperidine rings is 1. The van der Waals surface area contributed by atoms with Crippen molar-refractivity contribution in [1.29, 1.82) is 0 Å². The van der Waals surface area contributed by atoms with Crippen molar-refractivity contribution in [2.24, 2.45) is 11.8 Å². The minimum Gasteiger partial charge on any atom is -0.329 e. The van der Waals surface area contributed by atoms with E-state index >= 15 is 0 Å². The Balaban J connectivity index is 1.49. The van der Waals surface area contributed by atoms with Gasteiger partial charge in [-0.15, -0.1) is 5.10 Å². The van der Waals surface area contributed by atoms with Gasteiger partial charge in [0.2, 0.25) is 0 Å². The SMILES string of the molecule is CCC1CCN(Cc2nccn2Cc2cc(C(CCc3cn(CC)nn3)C(C)C(C)=O)ccc2C)CC1. The van der Waals surface area contributed by atoms with Gasteiger partial charge in [-0.25, -0.2) is 4.98 Å². The first-order valence-corrected chi connectivity index (χ1v) is 14.1. The predicted octanol–water partition coefficient (Wildman–Crippen LogP) is 5.41. The van der Waals surface area contributed by atoms with E-state index < -0.39 is 0 Å². The van der Waals surface area contributed by atoms with Crippen LogP contribution in [0.25, 0.3) is 0 Å². The lowest BCUT2D eigenvalue weighted by Gasteiger charge is -2.31. The molecule has 1 aliphatic rings. The number of imidazole rings is 1. The molecule has 3 aromatic rings. The molecule has 1 aliphatic heterocycles. The number of carbonyl (C=O) groups is 1. The lowest BCUT2D eigenvalue weighted by Crippen LogP contribution is -2.34. The number of hydrogen-bond acceptors (Lipinski definition) is 5. The highest BCUT2D eigenvalue weighted by molar-refractivity contribution is 5.79. The summed E-state index contributed by atoms with van der Waals surface area (Å²) in [6.07, 6.45) is 11.6. The van der Waals surface area contributed by atoms with Gasteiger partial charge in [0, 0.05) is 37.6 Å². The fourth-order valence-electron chi connectivity index (χ4n) is 5.56. The van der Waals surface area contributed by atoms with Crippen LogP contribution in [0.2, 0.25) is 0 Å². The van der Waals surface area contributed by atoms with Crippen LogP contribution < -0.4 is 0 Å². The number of nitrogens with zero attached hydrogens (tertiary/aromatic N) is 6. The second-order valence-electron chi connectivity index (χ2n) is 10.9. The summed E-state index contributed by atoms with van der Waals surface area (Å²) in [4.78, 5) is 19.7. The molecule has 1 saturated heterocycles. The third kappa shape index (κ3) is 6.95. The van der Waals surface area contributed by atoms with Crippen LogP contribution in [-0.4, -0.2) is 48.3 Å². The van der Waals surface area contributed by atoms with E-state index in [9.17, 15) is 4.79 Å². The van der Waals surface area contributed by atoms with Crippen LogP contribution in [0, 0.1) is 18.8 Å². The number of benzene rings is 1. The summed E-state index contributed by atoms with van der Waals surface area (Å²) in [7, 11) is 0. The van der Waals surface area contributed by atoms with Crippen LogP contribution in [0.1, 0.15) is 87.5 Å². The molecule has 2 aromatic heterocycles. The Morgan fingerprint density at radius 1 is 1.16 bits per heavy atom. The molecule has 0 saturated carbocycles.